The molecule has 0 aromatic heterocycles. The number of hydrogen-bond acceptors (Lipinski definition) is 8. The van der Waals surface area contributed by atoms with Crippen molar-refractivity contribution in [1.29, 1.82) is 0 Å². The molecule has 0 bridgehead atoms. The molecule has 5 N–H and O–H groups in total. The smallest absolute Gasteiger partial charge is 0.328 e. The normalized spacial score (nSPS) is 14.6. The Morgan fingerprint density at radius 3 is 2.02 bits per heavy atom. The second kappa shape index (κ2) is 15.6. The van der Waals surface area contributed by atoms with Crippen molar-refractivity contribution in [2.45, 2.75) is 6.42 Å². The first kappa shape index (κ1) is 27.8. The zero-order valence-corrected chi connectivity index (χ0v) is 23.3. The second-order valence-corrected chi connectivity index (χ2v) is 9.43. The Hall–Kier alpha value is -5.36. The van der Waals surface area contributed by atoms with Crippen LogP contribution in [0.2, 0.25) is 0 Å². The molecule has 2 amide bonds. The summed E-state index contributed by atoms with van der Waals surface area (Å²) in [7, 11) is -0.483. The van der Waals surface area contributed by atoms with Crippen LogP contribution in [0.5, 0.6) is 11.5 Å². The minimum absolute atomic E-state index is 0.0628. The number of hydrogen-bond donors (Lipinski definition) is 5. The quantitative estimate of drug-likeness (QED) is 0.192. The summed E-state index contributed by atoms with van der Waals surface area (Å²) in [6.07, 6.45) is 2.19. The Bertz CT molecular complexity index is 1550. The lowest BCUT2D eigenvalue weighted by Gasteiger charge is -2.23. The van der Waals surface area contributed by atoms with Crippen LogP contribution in [0.15, 0.2) is 78.9 Å². The van der Waals surface area contributed by atoms with Gasteiger partial charge in [0.05, 0.1) is 16.8 Å². The van der Waals surface area contributed by atoms with Gasteiger partial charge in [-0.25, -0.2) is 9.59 Å². The van der Waals surface area contributed by atoms with E-state index in [1.165, 1.54) is 30.3 Å². The van der Waals surface area contributed by atoms with Gasteiger partial charge >= 0.3 is 11.9 Å². The number of methoxy groups -OCH3 is 1. The molecule has 12 heteroatoms. The first-order valence-electron chi connectivity index (χ1n) is 14.6. The van der Waals surface area contributed by atoms with E-state index in [1.54, 1.807) is 24.3 Å². The largest absolute Gasteiger partial charge is 0.506 e. The number of amides is 2. The molecule has 0 aliphatic carbocycles. The highest BCUT2D eigenvalue weighted by Crippen LogP contribution is 2.32. The number of carbonyl (C=O) groups excluding carboxylic acids is 2. The molecule has 1 heterocycles. The molecule has 12 nitrogen and oxygen atoms in total. The fourth-order valence-corrected chi connectivity index (χ4v) is 4.10. The van der Waals surface area contributed by atoms with Crippen LogP contribution in [0, 0.1) is 0 Å². The molecule has 0 saturated carbocycles. The molecule has 0 atom stereocenters. The Morgan fingerprint density at radius 2 is 1.42 bits per heavy atom. The van der Waals surface area contributed by atoms with Crippen LogP contribution in [0.3, 0.4) is 0 Å². The number of nitrogens with zero attached hydrogens (tertiary/aromatic N) is 2. The fraction of sp³-hybridized carbons (Fsp3) is 0.226. The van der Waals surface area contributed by atoms with E-state index in [0.29, 0.717) is 17.7 Å². The van der Waals surface area contributed by atoms with Gasteiger partial charge in [0.25, 0.3) is 11.8 Å². The summed E-state index contributed by atoms with van der Waals surface area (Å²) in [5.74, 6) is -3.57. The topological polar surface area (TPSA) is 169 Å². The van der Waals surface area contributed by atoms with Crippen molar-refractivity contribution in [1.82, 2.24) is 4.90 Å². The van der Waals surface area contributed by atoms with Crippen molar-refractivity contribution < 1.29 is 43.3 Å². The first-order valence-corrected chi connectivity index (χ1v) is 13.1. The van der Waals surface area contributed by atoms with Gasteiger partial charge in [-0.2, -0.15) is 0 Å². The summed E-state index contributed by atoms with van der Waals surface area (Å²) >= 11 is 0. The summed E-state index contributed by atoms with van der Waals surface area (Å²) < 4.78 is 26.3. The minimum atomic E-state index is -2.59. The molecular formula is C31H34N4O8. The van der Waals surface area contributed by atoms with Crippen LogP contribution in [-0.2, 0) is 9.59 Å². The highest BCUT2D eigenvalue weighted by molar-refractivity contribution is 6.11. The van der Waals surface area contributed by atoms with Gasteiger partial charge in [0.15, 0.2) is 0 Å². The van der Waals surface area contributed by atoms with E-state index >= 15 is 0 Å². The standard InChI is InChI=1S/C27H30N4O4.C4H4O4/c1-30-15-4-16-31(18-17-30)21-11-7-19(8-12-21)27(34)29-25-23(5-3-6-24(25)32)28-26(33)20-9-13-22(35-2)14-10-20;5-3(6)1-2-4(7)8/h3,5-14,32H,4,15-18H2,1-2H3,(H,28,33)(H,29,34);1-2H,(H,5,6)(H,7,8)/b;2-1-/i2D3;. The van der Waals surface area contributed by atoms with E-state index in [2.05, 4.69) is 27.5 Å². The van der Waals surface area contributed by atoms with E-state index in [-0.39, 0.29) is 28.4 Å². The van der Waals surface area contributed by atoms with Crippen LogP contribution in [0.1, 0.15) is 31.2 Å². The first-order chi connectivity index (χ1) is 21.7. The third kappa shape index (κ3) is 9.90. The number of phenols is 1. The summed E-state index contributed by atoms with van der Waals surface area (Å²) in [5, 5.41) is 31.4. The van der Waals surface area contributed by atoms with Crippen molar-refractivity contribution in [3.63, 3.8) is 0 Å². The van der Waals surface area contributed by atoms with Crippen molar-refractivity contribution >= 4 is 40.8 Å². The Balaban J connectivity index is 0.000000637. The molecule has 43 heavy (non-hydrogen) atoms. The number of para-hydroxylation sites is 1. The Morgan fingerprint density at radius 1 is 0.814 bits per heavy atom. The molecule has 1 aliphatic heterocycles. The van der Waals surface area contributed by atoms with Gasteiger partial charge in [0.2, 0.25) is 0 Å². The molecule has 1 aliphatic rings. The van der Waals surface area contributed by atoms with Gasteiger partial charge in [0, 0.05) is 48.6 Å². The van der Waals surface area contributed by atoms with Crippen molar-refractivity contribution in [3.05, 3.63) is 90.0 Å². The van der Waals surface area contributed by atoms with Crippen molar-refractivity contribution in [3.8, 4) is 11.5 Å². The molecular weight excluding hydrogens is 556 g/mol. The number of carboxylic acid groups (broad SMARTS) is 2. The van der Waals surface area contributed by atoms with Gasteiger partial charge < -0.3 is 40.5 Å². The molecule has 226 valence electrons. The molecule has 4 rings (SSSR count). The maximum absolute atomic E-state index is 13.0. The monoisotopic (exact) mass is 593 g/mol. The SMILES string of the molecule is O=C(O)/C=C\C(=O)O.[2H]C([2H])([2H])Oc1ccc(C(=O)Nc2cccc(O)c2NC(=O)c2ccc(N3CCCN(C)CC3)cc2)cc1. The predicted octanol–water partition coefficient (Wildman–Crippen LogP) is 3.76. The molecule has 1 saturated heterocycles. The molecule has 3 aromatic carbocycles. The third-order valence-electron chi connectivity index (χ3n) is 6.35. The number of aliphatic carboxylic acids is 2. The number of benzene rings is 3. The van der Waals surface area contributed by atoms with E-state index in [4.69, 9.17) is 19.1 Å². The molecule has 0 unspecified atom stereocenters. The highest BCUT2D eigenvalue weighted by Gasteiger charge is 2.17. The number of aromatic hydroxyl groups is 1. The number of likely N-dealkylation sites (N-methyl/N-ethyl adjacent to an activating group) is 1. The van der Waals surface area contributed by atoms with E-state index in [1.807, 2.05) is 12.1 Å². The summed E-state index contributed by atoms with van der Waals surface area (Å²) in [4.78, 5) is 49.5. The molecule has 1 fully saturated rings. The highest BCUT2D eigenvalue weighted by atomic mass is 16.5. The van der Waals surface area contributed by atoms with Crippen molar-refractivity contribution in [2.24, 2.45) is 0 Å². The zero-order valence-electron chi connectivity index (χ0n) is 26.3. The number of ether oxygens (including phenoxy) is 1. The van der Waals surface area contributed by atoms with Gasteiger partial charge in [-0.05, 0) is 80.7 Å². The maximum Gasteiger partial charge on any atom is 0.328 e. The molecule has 3 aromatic rings. The third-order valence-corrected chi connectivity index (χ3v) is 6.35. The molecule has 0 radical (unpaired) electrons. The summed E-state index contributed by atoms with van der Waals surface area (Å²) in [6, 6.07) is 17.4. The average Bonchev–Trinajstić information content (AvgIpc) is 3.22. The summed E-state index contributed by atoms with van der Waals surface area (Å²) in [6.45, 7) is 3.90. The minimum Gasteiger partial charge on any atom is -0.506 e. The maximum atomic E-state index is 13.0. The van der Waals surface area contributed by atoms with Gasteiger partial charge in [-0.3, -0.25) is 9.59 Å². The second-order valence-electron chi connectivity index (χ2n) is 9.43. The molecule has 0 spiro atoms. The number of rotatable bonds is 8. The van der Waals surface area contributed by atoms with Crippen LogP contribution < -0.4 is 20.3 Å². The van der Waals surface area contributed by atoms with Crippen LogP contribution >= 0.6 is 0 Å². The Labute approximate surface area is 253 Å². The van der Waals surface area contributed by atoms with E-state index < -0.39 is 30.8 Å². The summed E-state index contributed by atoms with van der Waals surface area (Å²) in [5.41, 5.74) is 1.96. The lowest BCUT2D eigenvalue weighted by Crippen LogP contribution is -2.28. The predicted molar refractivity (Wildman–Crippen MR) is 162 cm³/mol. The lowest BCUT2D eigenvalue weighted by atomic mass is 10.1. The number of nitrogens with one attached hydrogen (secondary N) is 2. The van der Waals surface area contributed by atoms with E-state index in [0.717, 1.165) is 38.3 Å². The zero-order chi connectivity index (χ0) is 33.9. The van der Waals surface area contributed by atoms with Gasteiger partial charge in [-0.15, -0.1) is 0 Å². The van der Waals surface area contributed by atoms with E-state index in [9.17, 15) is 24.3 Å². The van der Waals surface area contributed by atoms with Crippen LogP contribution in [-0.4, -0.2) is 84.2 Å². The lowest BCUT2D eigenvalue weighted by molar-refractivity contribution is -0.134. The number of anilines is 3. The Kier molecular flexibility index (Phi) is 10.1. The van der Waals surface area contributed by atoms with Crippen molar-refractivity contribution in [2.75, 3.05) is 55.8 Å². The fourth-order valence-electron chi connectivity index (χ4n) is 4.10. The van der Waals surface area contributed by atoms with Gasteiger partial charge in [-0.1, -0.05) is 6.07 Å². The average molecular weight is 594 g/mol. The van der Waals surface area contributed by atoms with Crippen LogP contribution in [0.25, 0.3) is 0 Å². The number of phenolic OH excluding ortho intramolecular Hbond substituents is 1. The number of carbonyl (C=O) groups is 4. The van der Waals surface area contributed by atoms with Gasteiger partial charge in [0.1, 0.15) is 17.2 Å². The van der Waals surface area contributed by atoms with Crippen LogP contribution in [0.4, 0.5) is 17.1 Å². The number of carboxylic acids is 2.